The Bertz CT molecular complexity index is 3400. The molecule has 0 atom stereocenters. The summed E-state index contributed by atoms with van der Waals surface area (Å²) in [6, 6.07) is 91.7. The Labute approximate surface area is 372 Å². The highest BCUT2D eigenvalue weighted by molar-refractivity contribution is 7.26. The molecule has 0 spiro atoms. The van der Waals surface area contributed by atoms with Gasteiger partial charge in [0, 0.05) is 31.4 Å². The molecule has 1 aromatic heterocycles. The van der Waals surface area contributed by atoms with Crippen molar-refractivity contribution in [1.82, 2.24) is 0 Å². The van der Waals surface area contributed by atoms with Gasteiger partial charge in [0.05, 0.1) is 16.8 Å². The van der Waals surface area contributed by atoms with Gasteiger partial charge in [0.1, 0.15) is 0 Å². The van der Waals surface area contributed by atoms with E-state index in [0.717, 1.165) is 17.1 Å². The van der Waals surface area contributed by atoms with Crippen molar-refractivity contribution in [3.05, 3.63) is 271 Å². The number of nitrogens with zero attached hydrogens (tertiary/aromatic N) is 1. The van der Waals surface area contributed by atoms with Gasteiger partial charge in [-0.05, 0) is 97.6 Å². The van der Waals surface area contributed by atoms with E-state index in [1.54, 1.807) is 0 Å². The monoisotopic (exact) mass is 819 g/mol. The first kappa shape index (κ1) is 37.0. The van der Waals surface area contributed by atoms with Crippen LogP contribution in [0.5, 0.6) is 0 Å². The SMILES string of the molecule is c1ccc(-c2ccccc2-c2c(-c3ccccc3)cccc2N(c2ccc3c(c2)-c2ccccc2C3(c2ccccc2)c2ccccc2)c2cccc3sc4ccccc4c23)cc1. The molecule has 0 bridgehead atoms. The molecule has 1 aliphatic rings. The van der Waals surface area contributed by atoms with E-state index in [9.17, 15) is 0 Å². The molecule has 1 heterocycles. The Morgan fingerprint density at radius 1 is 0.333 bits per heavy atom. The number of hydrogen-bond acceptors (Lipinski definition) is 2. The summed E-state index contributed by atoms with van der Waals surface area (Å²) in [5.74, 6) is 0. The zero-order valence-corrected chi connectivity index (χ0v) is 35.3. The van der Waals surface area contributed by atoms with Gasteiger partial charge in [-0.2, -0.15) is 0 Å². The molecule has 2 heteroatoms. The number of benzene rings is 10. The number of rotatable bonds is 8. The van der Waals surface area contributed by atoms with Crippen molar-refractivity contribution in [2.24, 2.45) is 0 Å². The number of anilines is 3. The Hall–Kier alpha value is -7.78. The van der Waals surface area contributed by atoms with Crippen molar-refractivity contribution < 1.29 is 0 Å². The molecule has 1 nitrogen and oxygen atoms in total. The van der Waals surface area contributed by atoms with Crippen molar-refractivity contribution in [2.45, 2.75) is 5.41 Å². The highest BCUT2D eigenvalue weighted by atomic mass is 32.1. The van der Waals surface area contributed by atoms with E-state index < -0.39 is 5.41 Å². The van der Waals surface area contributed by atoms with E-state index in [0.29, 0.717) is 0 Å². The van der Waals surface area contributed by atoms with Crippen molar-refractivity contribution in [2.75, 3.05) is 4.90 Å². The molecular formula is C61H41NS. The standard InChI is InChI=1S/C61H41NS/c1-5-21-42(22-6-1)47-29-13-14-31-50(47)59-48(43-23-7-2-8-24-43)33-19-35-55(59)62(56-36-20-38-58-60(56)51-32-16-18-37-57(51)63-58)46-39-40-54-52(41-46)49-30-15-17-34-53(49)61(54,44-25-9-3-10-26-44)45-27-11-4-12-28-45/h1-41H. The first-order chi connectivity index (χ1) is 31.3. The predicted molar refractivity (Wildman–Crippen MR) is 268 cm³/mol. The summed E-state index contributed by atoms with van der Waals surface area (Å²) in [4.78, 5) is 2.55. The van der Waals surface area contributed by atoms with Crippen LogP contribution >= 0.6 is 11.3 Å². The zero-order valence-electron chi connectivity index (χ0n) is 34.5. The minimum absolute atomic E-state index is 0.492. The van der Waals surface area contributed by atoms with Gasteiger partial charge in [0.15, 0.2) is 0 Å². The molecule has 0 saturated carbocycles. The van der Waals surface area contributed by atoms with Crippen molar-refractivity contribution in [3.8, 4) is 44.5 Å². The van der Waals surface area contributed by atoms with E-state index in [1.807, 2.05) is 11.3 Å². The van der Waals surface area contributed by atoms with Crippen LogP contribution in [0.15, 0.2) is 249 Å². The summed E-state index contributed by atoms with van der Waals surface area (Å²) in [6.45, 7) is 0. The average Bonchev–Trinajstić information content (AvgIpc) is 3.89. The first-order valence-corrected chi connectivity index (χ1v) is 22.5. The lowest BCUT2D eigenvalue weighted by molar-refractivity contribution is 0.768. The van der Waals surface area contributed by atoms with Crippen LogP contribution in [0.2, 0.25) is 0 Å². The molecule has 296 valence electrons. The summed E-state index contributed by atoms with van der Waals surface area (Å²) in [6.07, 6.45) is 0. The topological polar surface area (TPSA) is 3.24 Å². The Morgan fingerprint density at radius 2 is 0.841 bits per heavy atom. The van der Waals surface area contributed by atoms with Crippen molar-refractivity contribution in [3.63, 3.8) is 0 Å². The lowest BCUT2D eigenvalue weighted by atomic mass is 9.68. The smallest absolute Gasteiger partial charge is 0.0713 e. The Balaban J connectivity index is 1.20. The molecule has 0 amide bonds. The molecule has 10 aromatic carbocycles. The van der Waals surface area contributed by atoms with Crippen LogP contribution < -0.4 is 4.90 Å². The first-order valence-electron chi connectivity index (χ1n) is 21.7. The van der Waals surface area contributed by atoms with Gasteiger partial charge in [-0.3, -0.25) is 0 Å². The van der Waals surface area contributed by atoms with Crippen LogP contribution in [0.1, 0.15) is 22.3 Å². The molecule has 0 aliphatic heterocycles. The summed E-state index contributed by atoms with van der Waals surface area (Å²) < 4.78 is 2.55. The molecule has 0 radical (unpaired) electrons. The number of fused-ring (bicyclic) bond motifs is 6. The van der Waals surface area contributed by atoms with Gasteiger partial charge in [-0.1, -0.05) is 212 Å². The quantitative estimate of drug-likeness (QED) is 0.148. The lowest BCUT2D eigenvalue weighted by Gasteiger charge is -2.34. The van der Waals surface area contributed by atoms with Gasteiger partial charge in [-0.15, -0.1) is 11.3 Å². The third-order valence-corrected chi connectivity index (χ3v) is 14.1. The van der Waals surface area contributed by atoms with Crippen LogP contribution in [0.4, 0.5) is 17.1 Å². The van der Waals surface area contributed by atoms with E-state index in [2.05, 4.69) is 254 Å². The average molecular weight is 820 g/mol. The van der Waals surface area contributed by atoms with Gasteiger partial charge >= 0.3 is 0 Å². The molecule has 0 unspecified atom stereocenters. The maximum Gasteiger partial charge on any atom is 0.0713 e. The van der Waals surface area contributed by atoms with Crippen LogP contribution in [-0.2, 0) is 5.41 Å². The molecule has 0 N–H and O–H groups in total. The van der Waals surface area contributed by atoms with Crippen molar-refractivity contribution in [1.29, 1.82) is 0 Å². The fraction of sp³-hybridized carbons (Fsp3) is 0.0164. The predicted octanol–water partition coefficient (Wildman–Crippen LogP) is 16.9. The minimum atomic E-state index is -0.492. The second-order valence-electron chi connectivity index (χ2n) is 16.3. The highest BCUT2D eigenvalue weighted by Crippen LogP contribution is 2.58. The number of thiophene rings is 1. The van der Waals surface area contributed by atoms with Gasteiger partial charge < -0.3 is 4.90 Å². The van der Waals surface area contributed by atoms with Gasteiger partial charge in [0.25, 0.3) is 0 Å². The molecule has 0 saturated heterocycles. The molecule has 11 aromatic rings. The van der Waals surface area contributed by atoms with Crippen LogP contribution in [0, 0.1) is 0 Å². The van der Waals surface area contributed by atoms with E-state index >= 15 is 0 Å². The molecule has 0 fully saturated rings. The van der Waals surface area contributed by atoms with Crippen LogP contribution in [0.3, 0.4) is 0 Å². The van der Waals surface area contributed by atoms with Crippen LogP contribution in [0.25, 0.3) is 64.7 Å². The van der Waals surface area contributed by atoms with Gasteiger partial charge in [-0.25, -0.2) is 0 Å². The summed E-state index contributed by atoms with van der Waals surface area (Å²) in [5, 5.41) is 2.52. The Kier molecular flexibility index (Phi) is 8.98. The van der Waals surface area contributed by atoms with E-state index in [1.165, 1.54) is 86.9 Å². The minimum Gasteiger partial charge on any atom is -0.309 e. The summed E-state index contributed by atoms with van der Waals surface area (Å²) in [7, 11) is 0. The Morgan fingerprint density at radius 3 is 1.56 bits per heavy atom. The fourth-order valence-corrected chi connectivity index (χ4v) is 11.5. The summed E-state index contributed by atoms with van der Waals surface area (Å²) in [5.41, 5.74) is 17.6. The highest BCUT2D eigenvalue weighted by Gasteiger charge is 2.46. The molecule has 12 rings (SSSR count). The normalized spacial score (nSPS) is 12.6. The zero-order chi connectivity index (χ0) is 41.7. The van der Waals surface area contributed by atoms with E-state index in [4.69, 9.17) is 0 Å². The molecular weight excluding hydrogens is 779 g/mol. The maximum absolute atomic E-state index is 2.55. The lowest BCUT2D eigenvalue weighted by Crippen LogP contribution is -2.28. The van der Waals surface area contributed by atoms with Crippen molar-refractivity contribution >= 4 is 48.6 Å². The number of hydrogen-bond donors (Lipinski definition) is 0. The maximum atomic E-state index is 2.55. The van der Waals surface area contributed by atoms with Gasteiger partial charge in [0.2, 0.25) is 0 Å². The van der Waals surface area contributed by atoms with Crippen LogP contribution in [-0.4, -0.2) is 0 Å². The summed E-state index contributed by atoms with van der Waals surface area (Å²) >= 11 is 1.86. The molecule has 1 aliphatic carbocycles. The second kappa shape index (κ2) is 15.3. The third-order valence-electron chi connectivity index (χ3n) is 13.0. The second-order valence-corrected chi connectivity index (χ2v) is 17.4. The fourth-order valence-electron chi connectivity index (χ4n) is 10.4. The molecule has 63 heavy (non-hydrogen) atoms. The van der Waals surface area contributed by atoms with E-state index in [-0.39, 0.29) is 0 Å². The third kappa shape index (κ3) is 5.91. The largest absolute Gasteiger partial charge is 0.309 e.